The molecule has 0 aliphatic carbocycles. The zero-order chi connectivity index (χ0) is 14.7. The SMILES string of the molecule is CCCc1ccc(C(=O)c2cc(F)c(F)cc2N)cc1. The van der Waals surface area contributed by atoms with Crippen molar-refractivity contribution in [3.8, 4) is 0 Å². The molecule has 0 saturated carbocycles. The lowest BCUT2D eigenvalue weighted by Crippen LogP contribution is -2.07. The minimum absolute atomic E-state index is 0.0212. The van der Waals surface area contributed by atoms with Crippen molar-refractivity contribution in [2.45, 2.75) is 19.8 Å². The molecular formula is C16H15F2NO. The van der Waals surface area contributed by atoms with Crippen LogP contribution >= 0.6 is 0 Å². The molecule has 0 unspecified atom stereocenters. The van der Waals surface area contributed by atoms with Crippen LogP contribution in [0.2, 0.25) is 0 Å². The Hall–Kier alpha value is -2.23. The molecule has 2 N–H and O–H groups in total. The van der Waals surface area contributed by atoms with Gasteiger partial charge in [-0.3, -0.25) is 4.79 Å². The molecule has 0 bridgehead atoms. The van der Waals surface area contributed by atoms with Crippen LogP contribution in [0.25, 0.3) is 0 Å². The van der Waals surface area contributed by atoms with Crippen molar-refractivity contribution >= 4 is 11.5 Å². The second kappa shape index (κ2) is 5.82. The highest BCUT2D eigenvalue weighted by Crippen LogP contribution is 2.21. The zero-order valence-corrected chi connectivity index (χ0v) is 11.1. The van der Waals surface area contributed by atoms with E-state index in [1.54, 1.807) is 12.1 Å². The first-order valence-corrected chi connectivity index (χ1v) is 6.41. The van der Waals surface area contributed by atoms with Crippen LogP contribution in [0.15, 0.2) is 36.4 Å². The van der Waals surface area contributed by atoms with Crippen LogP contribution < -0.4 is 5.73 Å². The van der Waals surface area contributed by atoms with Gasteiger partial charge in [-0.05, 0) is 18.1 Å². The smallest absolute Gasteiger partial charge is 0.195 e. The van der Waals surface area contributed by atoms with E-state index < -0.39 is 17.4 Å². The molecule has 2 aromatic rings. The van der Waals surface area contributed by atoms with Crippen molar-refractivity contribution in [1.29, 1.82) is 0 Å². The highest BCUT2D eigenvalue weighted by Gasteiger charge is 2.16. The first kappa shape index (κ1) is 14.2. The number of halogens is 2. The number of hydrogen-bond acceptors (Lipinski definition) is 2. The Morgan fingerprint density at radius 3 is 2.30 bits per heavy atom. The second-order valence-corrected chi connectivity index (χ2v) is 4.63. The van der Waals surface area contributed by atoms with Gasteiger partial charge in [0.15, 0.2) is 17.4 Å². The molecule has 2 rings (SSSR count). The fraction of sp³-hybridized carbons (Fsp3) is 0.188. The van der Waals surface area contributed by atoms with Gasteiger partial charge in [0, 0.05) is 22.9 Å². The van der Waals surface area contributed by atoms with Gasteiger partial charge in [-0.1, -0.05) is 37.6 Å². The van der Waals surface area contributed by atoms with Gasteiger partial charge in [0.1, 0.15) is 0 Å². The van der Waals surface area contributed by atoms with Crippen LogP contribution in [-0.2, 0) is 6.42 Å². The molecule has 0 aliphatic heterocycles. The molecule has 0 spiro atoms. The highest BCUT2D eigenvalue weighted by molar-refractivity contribution is 6.12. The minimum Gasteiger partial charge on any atom is -0.398 e. The second-order valence-electron chi connectivity index (χ2n) is 4.63. The summed E-state index contributed by atoms with van der Waals surface area (Å²) in [5.74, 6) is -2.55. The molecule has 20 heavy (non-hydrogen) atoms. The Morgan fingerprint density at radius 1 is 1.10 bits per heavy atom. The van der Waals surface area contributed by atoms with Crippen molar-refractivity contribution in [1.82, 2.24) is 0 Å². The van der Waals surface area contributed by atoms with Crippen LogP contribution in [0.1, 0.15) is 34.8 Å². The third-order valence-corrected chi connectivity index (χ3v) is 3.09. The standard InChI is InChI=1S/C16H15F2NO/c1-2-3-10-4-6-11(7-5-10)16(20)12-8-13(17)14(18)9-15(12)19/h4-9H,2-3,19H2,1H3. The van der Waals surface area contributed by atoms with E-state index in [0.29, 0.717) is 5.56 Å². The van der Waals surface area contributed by atoms with E-state index in [-0.39, 0.29) is 11.3 Å². The third-order valence-electron chi connectivity index (χ3n) is 3.09. The highest BCUT2D eigenvalue weighted by atomic mass is 19.2. The molecule has 0 aliphatic rings. The summed E-state index contributed by atoms with van der Waals surface area (Å²) in [5.41, 5.74) is 7.03. The number of hydrogen-bond donors (Lipinski definition) is 1. The van der Waals surface area contributed by atoms with Crippen molar-refractivity contribution in [3.05, 3.63) is 64.7 Å². The molecule has 2 aromatic carbocycles. The summed E-state index contributed by atoms with van der Waals surface area (Å²) in [5, 5.41) is 0. The number of carbonyl (C=O) groups is 1. The maximum absolute atomic E-state index is 13.2. The molecule has 0 aromatic heterocycles. The summed E-state index contributed by atoms with van der Waals surface area (Å²) < 4.78 is 26.2. The number of aryl methyl sites for hydroxylation is 1. The van der Waals surface area contributed by atoms with Crippen LogP contribution in [0.5, 0.6) is 0 Å². The molecule has 2 nitrogen and oxygen atoms in total. The lowest BCUT2D eigenvalue weighted by molar-refractivity contribution is 0.103. The fourth-order valence-corrected chi connectivity index (χ4v) is 2.03. The van der Waals surface area contributed by atoms with E-state index in [1.807, 2.05) is 12.1 Å². The summed E-state index contributed by atoms with van der Waals surface area (Å²) in [4.78, 5) is 12.2. The number of nitrogens with two attached hydrogens (primary N) is 1. The summed E-state index contributed by atoms with van der Waals surface area (Å²) in [7, 11) is 0. The third kappa shape index (κ3) is 2.85. The molecule has 0 heterocycles. The van der Waals surface area contributed by atoms with Gasteiger partial charge >= 0.3 is 0 Å². The molecule has 0 atom stereocenters. The zero-order valence-electron chi connectivity index (χ0n) is 11.1. The van der Waals surface area contributed by atoms with E-state index >= 15 is 0 Å². The summed E-state index contributed by atoms with van der Waals surface area (Å²) >= 11 is 0. The van der Waals surface area contributed by atoms with Gasteiger partial charge in [0.05, 0.1) is 0 Å². The van der Waals surface area contributed by atoms with Gasteiger partial charge in [0.2, 0.25) is 0 Å². The number of ketones is 1. The van der Waals surface area contributed by atoms with E-state index in [4.69, 9.17) is 5.73 Å². The predicted octanol–water partition coefficient (Wildman–Crippen LogP) is 3.73. The predicted molar refractivity (Wildman–Crippen MR) is 74.6 cm³/mol. The summed E-state index contributed by atoms with van der Waals surface area (Å²) in [6.45, 7) is 2.07. The summed E-state index contributed by atoms with van der Waals surface area (Å²) in [6.07, 6.45) is 1.95. The molecule has 0 amide bonds. The van der Waals surface area contributed by atoms with Gasteiger partial charge in [0.25, 0.3) is 0 Å². The number of carbonyl (C=O) groups excluding carboxylic acids is 1. The van der Waals surface area contributed by atoms with Crippen molar-refractivity contribution < 1.29 is 13.6 Å². The van der Waals surface area contributed by atoms with Crippen molar-refractivity contribution in [2.75, 3.05) is 5.73 Å². The molecule has 0 saturated heterocycles. The molecule has 0 fully saturated rings. The molecule has 4 heteroatoms. The normalized spacial score (nSPS) is 10.6. The van der Waals surface area contributed by atoms with Crippen LogP contribution in [0.3, 0.4) is 0 Å². The van der Waals surface area contributed by atoms with E-state index in [0.717, 1.165) is 30.5 Å². The maximum atomic E-state index is 13.2. The fourth-order valence-electron chi connectivity index (χ4n) is 2.03. The molecule has 104 valence electrons. The molecule has 0 radical (unpaired) electrons. The minimum atomic E-state index is -1.08. The number of rotatable bonds is 4. The maximum Gasteiger partial charge on any atom is 0.195 e. The van der Waals surface area contributed by atoms with E-state index in [1.165, 1.54) is 0 Å². The van der Waals surface area contributed by atoms with Crippen LogP contribution in [0, 0.1) is 11.6 Å². The number of benzene rings is 2. The number of nitrogen functional groups attached to an aromatic ring is 1. The van der Waals surface area contributed by atoms with E-state index in [2.05, 4.69) is 6.92 Å². The Morgan fingerprint density at radius 2 is 1.70 bits per heavy atom. The topological polar surface area (TPSA) is 43.1 Å². The summed E-state index contributed by atoms with van der Waals surface area (Å²) in [6, 6.07) is 8.72. The Balaban J connectivity index is 2.33. The van der Waals surface area contributed by atoms with Crippen LogP contribution in [0.4, 0.5) is 14.5 Å². The van der Waals surface area contributed by atoms with Gasteiger partial charge in [-0.25, -0.2) is 8.78 Å². The first-order chi connectivity index (χ1) is 9.52. The van der Waals surface area contributed by atoms with Gasteiger partial charge < -0.3 is 5.73 Å². The van der Waals surface area contributed by atoms with E-state index in [9.17, 15) is 13.6 Å². The Bertz CT molecular complexity index is 636. The van der Waals surface area contributed by atoms with Crippen molar-refractivity contribution in [2.24, 2.45) is 0 Å². The molecular weight excluding hydrogens is 260 g/mol. The quantitative estimate of drug-likeness (QED) is 0.682. The lowest BCUT2D eigenvalue weighted by Gasteiger charge is -2.07. The van der Waals surface area contributed by atoms with Crippen LogP contribution in [-0.4, -0.2) is 5.78 Å². The first-order valence-electron chi connectivity index (χ1n) is 6.41. The van der Waals surface area contributed by atoms with Gasteiger partial charge in [-0.15, -0.1) is 0 Å². The largest absolute Gasteiger partial charge is 0.398 e. The lowest BCUT2D eigenvalue weighted by atomic mass is 9.99. The van der Waals surface area contributed by atoms with Gasteiger partial charge in [-0.2, -0.15) is 0 Å². The Kier molecular flexibility index (Phi) is 4.13. The monoisotopic (exact) mass is 275 g/mol. The van der Waals surface area contributed by atoms with Crippen molar-refractivity contribution in [3.63, 3.8) is 0 Å². The Labute approximate surface area is 116 Å². The average molecular weight is 275 g/mol. The number of anilines is 1. The average Bonchev–Trinajstić information content (AvgIpc) is 2.43.